The molecule has 1 saturated heterocycles. The summed E-state index contributed by atoms with van der Waals surface area (Å²) in [5, 5.41) is 10.5. The Kier molecular flexibility index (Phi) is 6.58. The molecule has 0 bridgehead atoms. The Morgan fingerprint density at radius 1 is 1.35 bits per heavy atom. The van der Waals surface area contributed by atoms with Gasteiger partial charge >= 0.3 is 0 Å². The third-order valence-electron chi connectivity index (χ3n) is 4.83. The molecule has 1 aromatic carbocycles. The molecule has 0 aliphatic carbocycles. The minimum atomic E-state index is -0.241. The van der Waals surface area contributed by atoms with Crippen molar-refractivity contribution in [3.63, 3.8) is 0 Å². The molecule has 5 nitrogen and oxygen atoms in total. The molecule has 1 fully saturated rings. The van der Waals surface area contributed by atoms with Crippen LogP contribution >= 0.6 is 11.3 Å². The van der Waals surface area contributed by atoms with Crippen LogP contribution in [0.3, 0.4) is 0 Å². The molecule has 0 saturated carbocycles. The second-order valence-corrected chi connectivity index (χ2v) is 7.99. The minimum Gasteiger partial charge on any atom is -0.497 e. The van der Waals surface area contributed by atoms with Gasteiger partial charge in [0.2, 0.25) is 0 Å². The van der Waals surface area contributed by atoms with Crippen molar-refractivity contribution in [3.05, 3.63) is 45.7 Å². The molecule has 7 heteroatoms. The van der Waals surface area contributed by atoms with E-state index in [0.29, 0.717) is 24.3 Å². The van der Waals surface area contributed by atoms with Gasteiger partial charge in [-0.3, -0.25) is 9.80 Å². The van der Waals surface area contributed by atoms with Crippen LogP contribution in [-0.4, -0.2) is 59.3 Å². The van der Waals surface area contributed by atoms with Gasteiger partial charge in [0, 0.05) is 68.1 Å². The number of aliphatic hydroxyl groups excluding tert-OH is 1. The van der Waals surface area contributed by atoms with Crippen molar-refractivity contribution < 1.29 is 14.2 Å². The monoisotopic (exact) mass is 379 g/mol. The topological polar surface area (TPSA) is 48.8 Å². The van der Waals surface area contributed by atoms with Gasteiger partial charge in [0.25, 0.3) is 0 Å². The number of halogens is 1. The molecule has 0 unspecified atom stereocenters. The molecule has 2 aromatic rings. The molecular formula is C19H26FN3O2S. The van der Waals surface area contributed by atoms with E-state index in [0.717, 1.165) is 31.2 Å². The van der Waals surface area contributed by atoms with Crippen LogP contribution in [0.4, 0.5) is 4.39 Å². The summed E-state index contributed by atoms with van der Waals surface area (Å²) < 4.78 is 19.4. The number of methoxy groups -OCH3 is 1. The number of aromatic nitrogens is 1. The number of rotatable bonds is 7. The van der Waals surface area contributed by atoms with E-state index in [1.807, 2.05) is 13.1 Å². The predicted octanol–water partition coefficient (Wildman–Crippen LogP) is 2.67. The summed E-state index contributed by atoms with van der Waals surface area (Å²) in [5.41, 5.74) is 0.667. The van der Waals surface area contributed by atoms with Crippen molar-refractivity contribution >= 4 is 11.3 Å². The van der Waals surface area contributed by atoms with Gasteiger partial charge in [0.15, 0.2) is 0 Å². The summed E-state index contributed by atoms with van der Waals surface area (Å²) in [5.74, 6) is 0.289. The zero-order valence-corrected chi connectivity index (χ0v) is 16.1. The fourth-order valence-electron chi connectivity index (χ4n) is 3.43. The van der Waals surface area contributed by atoms with Crippen LogP contribution in [0.15, 0.2) is 24.4 Å². The maximum Gasteiger partial charge on any atom is 0.131 e. The van der Waals surface area contributed by atoms with Crippen LogP contribution in [0.25, 0.3) is 0 Å². The minimum absolute atomic E-state index is 0.139. The average molecular weight is 380 g/mol. The number of piperazine rings is 1. The summed E-state index contributed by atoms with van der Waals surface area (Å²) >= 11 is 1.73. The molecule has 2 heterocycles. The number of aliphatic hydroxyl groups is 1. The van der Waals surface area contributed by atoms with Crippen LogP contribution in [0.1, 0.15) is 21.9 Å². The molecule has 1 aliphatic heterocycles. The van der Waals surface area contributed by atoms with E-state index in [-0.39, 0.29) is 18.5 Å². The number of ether oxygens (including phenoxy) is 1. The lowest BCUT2D eigenvalue weighted by atomic mass is 10.1. The first kappa shape index (κ1) is 19.2. The van der Waals surface area contributed by atoms with Gasteiger partial charge in [-0.2, -0.15) is 0 Å². The van der Waals surface area contributed by atoms with E-state index in [4.69, 9.17) is 4.74 Å². The van der Waals surface area contributed by atoms with Gasteiger partial charge < -0.3 is 9.84 Å². The van der Waals surface area contributed by atoms with Crippen LogP contribution in [0.2, 0.25) is 0 Å². The molecule has 0 spiro atoms. The fourth-order valence-corrected chi connectivity index (χ4v) is 4.27. The molecule has 1 atom stereocenters. The second-order valence-electron chi connectivity index (χ2n) is 6.67. The number of hydrogen-bond donors (Lipinski definition) is 1. The third-order valence-corrected chi connectivity index (χ3v) is 5.73. The van der Waals surface area contributed by atoms with Crippen molar-refractivity contribution in [1.82, 2.24) is 14.8 Å². The summed E-state index contributed by atoms with van der Waals surface area (Å²) in [6, 6.07) is 5.22. The zero-order valence-electron chi connectivity index (χ0n) is 15.3. The van der Waals surface area contributed by atoms with E-state index >= 15 is 0 Å². The summed E-state index contributed by atoms with van der Waals surface area (Å²) in [6.45, 7) is 6.25. The largest absolute Gasteiger partial charge is 0.497 e. The summed E-state index contributed by atoms with van der Waals surface area (Å²) in [4.78, 5) is 10.3. The smallest absolute Gasteiger partial charge is 0.131 e. The zero-order chi connectivity index (χ0) is 18.5. The van der Waals surface area contributed by atoms with Crippen molar-refractivity contribution in [2.24, 2.45) is 0 Å². The van der Waals surface area contributed by atoms with E-state index < -0.39 is 0 Å². The van der Waals surface area contributed by atoms with Gasteiger partial charge in [0.05, 0.1) is 12.1 Å². The van der Waals surface area contributed by atoms with Gasteiger partial charge in [-0.05, 0) is 19.4 Å². The van der Waals surface area contributed by atoms with Crippen LogP contribution in [0.5, 0.6) is 5.75 Å². The molecule has 1 N–H and O–H groups in total. The SMILES string of the molecule is COc1ccc(CN2CCN(Cc3cnc(C)s3)C[C@@H]2CCO)c(F)c1. The first-order valence-electron chi connectivity index (χ1n) is 8.90. The predicted molar refractivity (Wildman–Crippen MR) is 101 cm³/mol. The first-order valence-corrected chi connectivity index (χ1v) is 9.71. The highest BCUT2D eigenvalue weighted by Crippen LogP contribution is 2.23. The quantitative estimate of drug-likeness (QED) is 0.802. The molecule has 1 aromatic heterocycles. The van der Waals surface area contributed by atoms with Crippen LogP contribution < -0.4 is 4.74 Å². The number of nitrogens with zero attached hydrogens (tertiary/aromatic N) is 3. The number of aryl methyl sites for hydroxylation is 1. The van der Waals surface area contributed by atoms with Gasteiger partial charge in [0.1, 0.15) is 11.6 Å². The maximum absolute atomic E-state index is 14.3. The van der Waals surface area contributed by atoms with E-state index in [1.54, 1.807) is 23.5 Å². The van der Waals surface area contributed by atoms with Gasteiger partial charge in [-0.1, -0.05) is 6.07 Å². The maximum atomic E-state index is 14.3. The Bertz CT molecular complexity index is 725. The lowest BCUT2D eigenvalue weighted by Gasteiger charge is -2.41. The highest BCUT2D eigenvalue weighted by molar-refractivity contribution is 7.11. The average Bonchev–Trinajstić information content (AvgIpc) is 3.03. The Morgan fingerprint density at radius 3 is 2.85 bits per heavy atom. The molecule has 0 amide bonds. The van der Waals surface area contributed by atoms with Crippen molar-refractivity contribution in [2.75, 3.05) is 33.4 Å². The molecule has 142 valence electrons. The van der Waals surface area contributed by atoms with E-state index in [9.17, 15) is 9.50 Å². The molecule has 1 aliphatic rings. The number of thiazole rings is 1. The Morgan fingerprint density at radius 2 is 2.19 bits per heavy atom. The van der Waals surface area contributed by atoms with Gasteiger partial charge in [-0.25, -0.2) is 9.37 Å². The van der Waals surface area contributed by atoms with Crippen molar-refractivity contribution in [3.8, 4) is 5.75 Å². The first-order chi connectivity index (χ1) is 12.6. The molecule has 0 radical (unpaired) electrons. The van der Waals surface area contributed by atoms with Crippen molar-refractivity contribution in [2.45, 2.75) is 32.5 Å². The Hall–Kier alpha value is -1.54. The highest BCUT2D eigenvalue weighted by Gasteiger charge is 2.27. The number of benzene rings is 1. The molecule has 26 heavy (non-hydrogen) atoms. The molecular weight excluding hydrogens is 353 g/mol. The third kappa shape index (κ3) is 4.79. The highest BCUT2D eigenvalue weighted by atomic mass is 32.1. The van der Waals surface area contributed by atoms with Gasteiger partial charge in [-0.15, -0.1) is 11.3 Å². The van der Waals surface area contributed by atoms with E-state index in [1.165, 1.54) is 18.1 Å². The van der Waals surface area contributed by atoms with Crippen LogP contribution in [-0.2, 0) is 13.1 Å². The summed E-state index contributed by atoms with van der Waals surface area (Å²) in [6.07, 6.45) is 2.64. The lowest BCUT2D eigenvalue weighted by molar-refractivity contribution is 0.0497. The lowest BCUT2D eigenvalue weighted by Crippen LogP contribution is -2.52. The standard InChI is InChI=1S/C19H26FN3O2S/c1-14-21-10-18(26-14)13-22-6-7-23(16(12-22)5-8-24)11-15-3-4-17(25-2)9-19(15)20/h3-4,9-10,16,24H,5-8,11-13H2,1-2H3/t16-/m0/s1. The Balaban J connectivity index is 1.64. The normalized spacial score (nSPS) is 19.0. The van der Waals surface area contributed by atoms with Crippen LogP contribution in [0, 0.1) is 12.7 Å². The fraction of sp³-hybridized carbons (Fsp3) is 0.526. The second kappa shape index (κ2) is 8.90. The van der Waals surface area contributed by atoms with Crippen molar-refractivity contribution in [1.29, 1.82) is 0 Å². The summed E-state index contributed by atoms with van der Waals surface area (Å²) in [7, 11) is 1.54. The number of hydrogen-bond acceptors (Lipinski definition) is 6. The Labute approximate surface area is 158 Å². The van der Waals surface area contributed by atoms with E-state index in [2.05, 4.69) is 14.8 Å². The molecule has 3 rings (SSSR count).